The van der Waals surface area contributed by atoms with Crippen LogP contribution >= 0.6 is 0 Å². The van der Waals surface area contributed by atoms with Crippen molar-refractivity contribution < 1.29 is 14.1 Å². The zero-order chi connectivity index (χ0) is 11.5. The van der Waals surface area contributed by atoms with Crippen LogP contribution < -0.4 is 5.79 Å². The van der Waals surface area contributed by atoms with Gasteiger partial charge in [-0.2, -0.15) is 0 Å². The molecule has 0 bridgehead atoms. The van der Waals surface area contributed by atoms with E-state index in [1.54, 1.807) is 7.85 Å². The minimum Gasteiger partial charge on any atom is -0.469 e. The summed E-state index contributed by atoms with van der Waals surface area (Å²) >= 11 is 0. The molecule has 2 rings (SSSR count). The zero-order valence-electron chi connectivity index (χ0n) is 9.60. The van der Waals surface area contributed by atoms with Gasteiger partial charge in [0.05, 0.1) is 13.0 Å². The van der Waals surface area contributed by atoms with Crippen LogP contribution in [0.2, 0.25) is 0 Å². The van der Waals surface area contributed by atoms with Crippen molar-refractivity contribution in [3.05, 3.63) is 5.82 Å². The van der Waals surface area contributed by atoms with Gasteiger partial charge in [-0.25, -0.2) is 4.98 Å². The van der Waals surface area contributed by atoms with E-state index in [1.165, 1.54) is 7.11 Å². The minimum atomic E-state index is -0.0947. The number of carbonyl (C=O) groups is 1. The monoisotopic (exact) mass is 222 g/mol. The number of nitrogens with zero attached hydrogens (tertiary/aromatic N) is 2. The summed E-state index contributed by atoms with van der Waals surface area (Å²) in [5, 5.41) is 3.93. The van der Waals surface area contributed by atoms with Crippen molar-refractivity contribution in [1.29, 1.82) is 0 Å². The summed E-state index contributed by atoms with van der Waals surface area (Å²) in [6, 6.07) is 0. The highest BCUT2D eigenvalue weighted by atomic mass is 16.5. The summed E-state index contributed by atoms with van der Waals surface area (Å²) in [5.74, 6) is 1.67. The van der Waals surface area contributed by atoms with Gasteiger partial charge < -0.3 is 9.26 Å². The molecule has 0 radical (unpaired) electrons. The molecule has 1 aromatic rings. The molecule has 1 fully saturated rings. The Morgan fingerprint density at radius 2 is 2.12 bits per heavy atom. The van der Waals surface area contributed by atoms with Gasteiger partial charge in [0.1, 0.15) is 0 Å². The molecule has 1 heterocycles. The highest BCUT2D eigenvalue weighted by molar-refractivity contribution is 6.28. The van der Waals surface area contributed by atoms with Crippen molar-refractivity contribution >= 4 is 19.6 Å². The molecule has 0 N–H and O–H groups in total. The molecule has 0 atom stereocenters. The van der Waals surface area contributed by atoms with Gasteiger partial charge in [-0.05, 0) is 25.7 Å². The predicted octanol–water partition coefficient (Wildman–Crippen LogP) is -0.225. The van der Waals surface area contributed by atoms with Crippen LogP contribution in [0.4, 0.5) is 0 Å². The normalized spacial score (nSPS) is 25.3. The predicted molar refractivity (Wildman–Crippen MR) is 59.2 cm³/mol. The third-order valence-corrected chi connectivity index (χ3v) is 3.17. The molecule has 0 spiro atoms. The Labute approximate surface area is 95.0 Å². The number of rotatable bonds is 2. The first-order valence-electron chi connectivity index (χ1n) is 5.58. The van der Waals surface area contributed by atoms with E-state index in [4.69, 9.17) is 9.26 Å². The molecule has 0 aliphatic heterocycles. The van der Waals surface area contributed by atoms with Crippen molar-refractivity contribution in [1.82, 2.24) is 10.1 Å². The van der Waals surface area contributed by atoms with Gasteiger partial charge in [0.25, 0.3) is 0 Å². The van der Waals surface area contributed by atoms with Gasteiger partial charge in [-0.15, -0.1) is 0 Å². The van der Waals surface area contributed by atoms with E-state index in [0.29, 0.717) is 11.7 Å². The average molecular weight is 222 g/mol. The molecular weight excluding hydrogens is 207 g/mol. The van der Waals surface area contributed by atoms with Gasteiger partial charge in [0.2, 0.25) is 7.85 Å². The summed E-state index contributed by atoms with van der Waals surface area (Å²) in [4.78, 5) is 15.6. The molecule has 0 unspecified atom stereocenters. The maximum Gasteiger partial charge on any atom is 0.308 e. The van der Waals surface area contributed by atoms with Crippen molar-refractivity contribution in [3.63, 3.8) is 0 Å². The molecule has 1 saturated carbocycles. The lowest BCUT2D eigenvalue weighted by molar-refractivity contribution is -0.146. The van der Waals surface area contributed by atoms with Crippen LogP contribution in [0.25, 0.3) is 0 Å². The topological polar surface area (TPSA) is 65.2 Å². The van der Waals surface area contributed by atoms with Crippen molar-refractivity contribution in [2.45, 2.75) is 31.6 Å². The fourth-order valence-electron chi connectivity index (χ4n) is 2.23. The minimum absolute atomic E-state index is 0.0502. The van der Waals surface area contributed by atoms with Crippen molar-refractivity contribution in [2.75, 3.05) is 7.11 Å². The van der Waals surface area contributed by atoms with Crippen LogP contribution in [0.1, 0.15) is 37.4 Å². The summed E-state index contributed by atoms with van der Waals surface area (Å²) in [7, 11) is 3.23. The summed E-state index contributed by atoms with van der Waals surface area (Å²) in [5.41, 5.74) is 0. The van der Waals surface area contributed by atoms with E-state index in [9.17, 15) is 4.79 Å². The number of ether oxygens (including phenoxy) is 1. The molecule has 1 aliphatic rings. The van der Waals surface area contributed by atoms with E-state index in [2.05, 4.69) is 10.1 Å². The molecule has 1 aromatic heterocycles. The molecule has 6 heteroatoms. The SMILES string of the molecule is Bc1nc(C2CCC(C(=O)OC)CC2)no1. The first kappa shape index (κ1) is 11.2. The average Bonchev–Trinajstić information content (AvgIpc) is 2.75. The number of aromatic nitrogens is 2. The van der Waals surface area contributed by atoms with E-state index < -0.39 is 0 Å². The molecular formula is C10H15BN2O3. The second kappa shape index (κ2) is 4.68. The smallest absolute Gasteiger partial charge is 0.308 e. The number of hydrogen-bond acceptors (Lipinski definition) is 5. The molecule has 5 nitrogen and oxygen atoms in total. The Hall–Kier alpha value is -1.33. The lowest BCUT2D eigenvalue weighted by atomic mass is 9.81. The summed E-state index contributed by atoms with van der Waals surface area (Å²) in [6.45, 7) is 0. The third-order valence-electron chi connectivity index (χ3n) is 3.17. The van der Waals surface area contributed by atoms with Gasteiger partial charge in [0.15, 0.2) is 11.6 Å². The quantitative estimate of drug-likeness (QED) is 0.511. The lowest BCUT2D eigenvalue weighted by Crippen LogP contribution is -2.22. The van der Waals surface area contributed by atoms with Crippen LogP contribution in [-0.4, -0.2) is 31.1 Å². The van der Waals surface area contributed by atoms with Crippen LogP contribution in [0.3, 0.4) is 0 Å². The second-order valence-corrected chi connectivity index (χ2v) is 4.24. The van der Waals surface area contributed by atoms with Crippen molar-refractivity contribution in [3.8, 4) is 0 Å². The van der Waals surface area contributed by atoms with E-state index in [-0.39, 0.29) is 11.9 Å². The molecule has 16 heavy (non-hydrogen) atoms. The molecule has 0 saturated heterocycles. The maximum atomic E-state index is 11.3. The van der Waals surface area contributed by atoms with Crippen molar-refractivity contribution in [2.24, 2.45) is 5.92 Å². The molecule has 0 amide bonds. The zero-order valence-corrected chi connectivity index (χ0v) is 9.60. The molecule has 0 aromatic carbocycles. The Morgan fingerprint density at radius 3 is 2.62 bits per heavy atom. The Morgan fingerprint density at radius 1 is 1.44 bits per heavy atom. The highest BCUT2D eigenvalue weighted by Gasteiger charge is 2.29. The number of methoxy groups -OCH3 is 1. The third kappa shape index (κ3) is 2.26. The molecule has 1 aliphatic carbocycles. The molecule has 86 valence electrons. The van der Waals surface area contributed by atoms with Crippen LogP contribution in [0, 0.1) is 5.92 Å². The van der Waals surface area contributed by atoms with Gasteiger partial charge in [-0.1, -0.05) is 5.16 Å². The van der Waals surface area contributed by atoms with Gasteiger partial charge in [0, 0.05) is 5.92 Å². The Balaban J connectivity index is 1.92. The first-order chi connectivity index (χ1) is 7.70. The van der Waals surface area contributed by atoms with Crippen LogP contribution in [0.5, 0.6) is 0 Å². The summed E-state index contributed by atoms with van der Waals surface area (Å²) in [6.07, 6.45) is 3.56. The van der Waals surface area contributed by atoms with Gasteiger partial charge in [-0.3, -0.25) is 4.79 Å². The second-order valence-electron chi connectivity index (χ2n) is 4.24. The van der Waals surface area contributed by atoms with Gasteiger partial charge >= 0.3 is 5.97 Å². The van der Waals surface area contributed by atoms with Crippen LogP contribution in [-0.2, 0) is 9.53 Å². The van der Waals surface area contributed by atoms with E-state index in [0.717, 1.165) is 31.5 Å². The number of esters is 1. The highest BCUT2D eigenvalue weighted by Crippen LogP contribution is 2.34. The Kier molecular flexibility index (Phi) is 3.26. The maximum absolute atomic E-state index is 11.3. The fraction of sp³-hybridized carbons (Fsp3) is 0.700. The standard InChI is InChI=1S/C10H15BN2O3/c1-15-9(14)7-4-2-6(3-5-7)8-12-10(11)16-13-8/h6-7H,2-5,11H2,1H3. The number of hydrogen-bond donors (Lipinski definition) is 0. The summed E-state index contributed by atoms with van der Waals surface area (Å²) < 4.78 is 9.71. The lowest BCUT2D eigenvalue weighted by Gasteiger charge is -2.24. The first-order valence-corrected chi connectivity index (χ1v) is 5.58. The fourth-order valence-corrected chi connectivity index (χ4v) is 2.23. The van der Waals surface area contributed by atoms with E-state index >= 15 is 0 Å². The Bertz CT molecular complexity index is 372. The van der Waals surface area contributed by atoms with Crippen LogP contribution in [0.15, 0.2) is 4.52 Å². The van der Waals surface area contributed by atoms with E-state index in [1.807, 2.05) is 0 Å². The largest absolute Gasteiger partial charge is 0.469 e. The number of carbonyl (C=O) groups excluding carboxylic acids is 1.